The summed E-state index contributed by atoms with van der Waals surface area (Å²) in [6.45, 7) is -0.179. The fourth-order valence-corrected chi connectivity index (χ4v) is 6.63. The molecule has 2 aromatic carbocycles. The summed E-state index contributed by atoms with van der Waals surface area (Å²) in [6, 6.07) is 5.87. The predicted molar refractivity (Wildman–Crippen MR) is 144 cm³/mol. The maximum atomic E-state index is 13.5. The van der Waals surface area contributed by atoms with Gasteiger partial charge < -0.3 is 18.9 Å². The third-order valence-electron chi connectivity index (χ3n) is 7.41. The fourth-order valence-electron chi connectivity index (χ4n) is 5.33. The highest BCUT2D eigenvalue weighted by molar-refractivity contribution is 7.89. The SMILES string of the molecule is COc1ccc(CC(OC)OC)c2c1O[C@@H]1C(=O)CC=C[C@]21CCN(C)S(=O)(=O)c1ccc([N+](=O)[O-])cc1[N+](=O)[O-]. The molecule has 2 atom stereocenters. The van der Waals surface area contributed by atoms with Crippen LogP contribution in [0.2, 0.25) is 0 Å². The van der Waals surface area contributed by atoms with Gasteiger partial charge in [-0.25, -0.2) is 12.7 Å². The summed E-state index contributed by atoms with van der Waals surface area (Å²) in [5.74, 6) is 0.549. The summed E-state index contributed by atoms with van der Waals surface area (Å²) in [7, 11) is 1.23. The van der Waals surface area contributed by atoms with Crippen LogP contribution in [0.5, 0.6) is 11.5 Å². The molecule has 0 saturated carbocycles. The molecule has 0 bridgehead atoms. The van der Waals surface area contributed by atoms with Crippen LogP contribution in [0.4, 0.5) is 11.4 Å². The number of ketones is 1. The number of sulfonamides is 1. The highest BCUT2D eigenvalue weighted by atomic mass is 32.2. The average Bonchev–Trinajstić information content (AvgIpc) is 3.31. The van der Waals surface area contributed by atoms with Gasteiger partial charge >= 0.3 is 0 Å². The minimum atomic E-state index is -4.48. The molecular weight excluding hydrogens is 562 g/mol. The third kappa shape index (κ3) is 5.28. The zero-order valence-corrected chi connectivity index (χ0v) is 23.6. The highest BCUT2D eigenvalue weighted by Gasteiger charge is 2.54. The normalized spacial score (nSPS) is 19.7. The number of nitrogens with zero attached hydrogens (tertiary/aromatic N) is 3. The molecule has 0 radical (unpaired) electrons. The summed E-state index contributed by atoms with van der Waals surface area (Å²) < 4.78 is 50.4. The Bertz CT molecular complexity index is 1520. The standard InChI is InChI=1S/C26H29N3O11S/c1-27(41(35,36)21-10-8-17(28(31)32)15-18(21)29(33)34)13-12-26-11-5-6-19(30)25(26)40-24-20(37-2)9-7-16(23(24)26)14-22(38-3)39-4/h5,7-11,15,22,25H,6,12-14H2,1-4H3/t25-,26+/m1/s1. The van der Waals surface area contributed by atoms with E-state index < -0.39 is 53.9 Å². The molecule has 0 saturated heterocycles. The predicted octanol–water partition coefficient (Wildman–Crippen LogP) is 2.91. The molecule has 41 heavy (non-hydrogen) atoms. The van der Waals surface area contributed by atoms with Gasteiger partial charge in [-0.3, -0.25) is 25.0 Å². The van der Waals surface area contributed by atoms with Crippen LogP contribution in [0.15, 0.2) is 47.4 Å². The van der Waals surface area contributed by atoms with Crippen molar-refractivity contribution in [2.24, 2.45) is 0 Å². The number of fused-ring (bicyclic) bond motifs is 3. The lowest BCUT2D eigenvalue weighted by Crippen LogP contribution is -2.47. The van der Waals surface area contributed by atoms with E-state index in [2.05, 4.69) is 0 Å². The molecule has 1 heterocycles. The first kappa shape index (κ1) is 30.0. The van der Waals surface area contributed by atoms with E-state index in [0.717, 1.165) is 22.0 Å². The first-order valence-corrected chi connectivity index (χ1v) is 13.9. The van der Waals surface area contributed by atoms with Crippen molar-refractivity contribution in [2.45, 2.75) is 42.0 Å². The number of nitro groups is 2. The van der Waals surface area contributed by atoms with Gasteiger partial charge in [-0.05, 0) is 24.1 Å². The minimum Gasteiger partial charge on any atom is -0.493 e. The van der Waals surface area contributed by atoms with Gasteiger partial charge in [-0.1, -0.05) is 18.2 Å². The Balaban J connectivity index is 1.76. The van der Waals surface area contributed by atoms with Gasteiger partial charge in [0, 0.05) is 52.3 Å². The lowest BCUT2D eigenvalue weighted by atomic mass is 9.68. The number of nitro benzene ring substituents is 2. The summed E-state index contributed by atoms with van der Waals surface area (Å²) >= 11 is 0. The molecule has 220 valence electrons. The van der Waals surface area contributed by atoms with Gasteiger partial charge in [0.15, 0.2) is 34.6 Å². The van der Waals surface area contributed by atoms with Crippen LogP contribution in [0.25, 0.3) is 0 Å². The topological polar surface area (TPSA) is 178 Å². The summed E-state index contributed by atoms with van der Waals surface area (Å²) in [6.07, 6.45) is 2.44. The second kappa shape index (κ2) is 11.5. The first-order chi connectivity index (χ1) is 19.4. The van der Waals surface area contributed by atoms with E-state index in [1.54, 1.807) is 12.1 Å². The second-order valence-electron chi connectivity index (χ2n) is 9.59. The molecule has 0 fully saturated rings. The van der Waals surface area contributed by atoms with Gasteiger partial charge in [0.2, 0.25) is 10.0 Å². The van der Waals surface area contributed by atoms with E-state index in [0.29, 0.717) is 29.5 Å². The number of carbonyl (C=O) groups is 1. The Hall–Kier alpha value is -3.92. The van der Waals surface area contributed by atoms with Crippen LogP contribution in [0.1, 0.15) is 24.0 Å². The maximum Gasteiger partial charge on any atom is 0.296 e. The smallest absolute Gasteiger partial charge is 0.296 e. The molecule has 0 unspecified atom stereocenters. The molecular formula is C26H29N3O11S. The fraction of sp³-hybridized carbons (Fsp3) is 0.423. The van der Waals surface area contributed by atoms with E-state index in [1.807, 2.05) is 12.1 Å². The number of rotatable bonds is 12. The molecule has 0 spiro atoms. The van der Waals surface area contributed by atoms with Gasteiger partial charge in [0.25, 0.3) is 11.4 Å². The Morgan fingerprint density at radius 3 is 2.44 bits per heavy atom. The van der Waals surface area contributed by atoms with Crippen LogP contribution in [-0.4, -0.2) is 75.7 Å². The maximum absolute atomic E-state index is 13.5. The number of non-ortho nitro benzene ring substituents is 1. The number of benzene rings is 2. The van der Waals surface area contributed by atoms with Gasteiger partial charge in [0.05, 0.1) is 28.4 Å². The summed E-state index contributed by atoms with van der Waals surface area (Å²) in [5, 5.41) is 22.7. The Morgan fingerprint density at radius 1 is 1.12 bits per heavy atom. The molecule has 0 aromatic heterocycles. The lowest BCUT2D eigenvalue weighted by Gasteiger charge is -2.35. The van der Waals surface area contributed by atoms with Crippen LogP contribution in [-0.2, 0) is 36.1 Å². The monoisotopic (exact) mass is 591 g/mol. The number of methoxy groups -OCH3 is 3. The van der Waals surface area contributed by atoms with Crippen molar-refractivity contribution in [3.8, 4) is 11.5 Å². The van der Waals surface area contributed by atoms with E-state index >= 15 is 0 Å². The van der Waals surface area contributed by atoms with Gasteiger partial charge in [-0.2, -0.15) is 0 Å². The molecule has 0 amide bonds. The minimum absolute atomic E-state index is 0.0637. The van der Waals surface area contributed by atoms with E-state index in [-0.39, 0.29) is 25.2 Å². The third-order valence-corrected chi connectivity index (χ3v) is 9.32. The summed E-state index contributed by atoms with van der Waals surface area (Å²) in [5.41, 5.74) is -1.24. The van der Waals surface area contributed by atoms with E-state index in [9.17, 15) is 33.4 Å². The Labute approximate surface area is 235 Å². The van der Waals surface area contributed by atoms with Crippen molar-refractivity contribution in [3.63, 3.8) is 0 Å². The molecule has 14 nitrogen and oxygen atoms in total. The number of carbonyl (C=O) groups excluding carboxylic acids is 1. The van der Waals surface area contributed by atoms with Crippen molar-refractivity contribution in [1.29, 1.82) is 0 Å². The van der Waals surface area contributed by atoms with Crippen molar-refractivity contribution in [3.05, 3.63) is 73.8 Å². The molecule has 2 aromatic rings. The Morgan fingerprint density at radius 2 is 1.83 bits per heavy atom. The van der Waals surface area contributed by atoms with Gasteiger partial charge in [-0.15, -0.1) is 0 Å². The second-order valence-corrected chi connectivity index (χ2v) is 11.6. The van der Waals surface area contributed by atoms with Crippen molar-refractivity contribution < 1.29 is 42.0 Å². The lowest BCUT2D eigenvalue weighted by molar-refractivity contribution is -0.396. The van der Waals surface area contributed by atoms with Crippen LogP contribution >= 0.6 is 0 Å². The zero-order valence-electron chi connectivity index (χ0n) is 22.8. The highest BCUT2D eigenvalue weighted by Crippen LogP contribution is 2.54. The number of hydrogen-bond acceptors (Lipinski definition) is 11. The van der Waals surface area contributed by atoms with Crippen molar-refractivity contribution >= 4 is 27.2 Å². The molecule has 1 aliphatic carbocycles. The molecule has 15 heteroatoms. The van der Waals surface area contributed by atoms with Crippen molar-refractivity contribution in [2.75, 3.05) is 34.9 Å². The first-order valence-electron chi connectivity index (χ1n) is 12.4. The zero-order chi connectivity index (χ0) is 30.1. The number of ether oxygens (including phenoxy) is 4. The van der Waals surface area contributed by atoms with Crippen molar-refractivity contribution in [1.82, 2.24) is 4.31 Å². The summed E-state index contributed by atoms with van der Waals surface area (Å²) in [4.78, 5) is 33.4. The molecule has 1 aliphatic heterocycles. The number of Topliss-reactive ketones (excluding diaryl/α,β-unsaturated/α-hetero) is 1. The molecule has 4 rings (SSSR count). The largest absolute Gasteiger partial charge is 0.493 e. The van der Waals surface area contributed by atoms with Gasteiger partial charge in [0.1, 0.15) is 0 Å². The van der Waals surface area contributed by atoms with Crippen LogP contribution in [0, 0.1) is 20.2 Å². The van der Waals surface area contributed by atoms with E-state index in [4.69, 9.17) is 18.9 Å². The van der Waals surface area contributed by atoms with E-state index in [1.165, 1.54) is 28.4 Å². The number of allylic oxidation sites excluding steroid dienone is 1. The molecule has 0 N–H and O–H groups in total. The molecule has 2 aliphatic rings. The average molecular weight is 592 g/mol. The van der Waals surface area contributed by atoms with Crippen LogP contribution in [0.3, 0.4) is 0 Å². The quantitative estimate of drug-likeness (QED) is 0.153. The Kier molecular flexibility index (Phi) is 8.44. The van der Waals surface area contributed by atoms with Crippen LogP contribution < -0.4 is 9.47 Å². The number of hydrogen-bond donors (Lipinski definition) is 0.